The molecule has 1 fully saturated rings. The smallest absolute Gasteiger partial charge is 0.274 e. The molecule has 0 spiro atoms. The maximum atomic E-state index is 12.7. The van der Waals surface area contributed by atoms with E-state index in [0.29, 0.717) is 22.8 Å². The highest BCUT2D eigenvalue weighted by Gasteiger charge is 2.30. The van der Waals surface area contributed by atoms with Crippen molar-refractivity contribution >= 4 is 44.7 Å². The van der Waals surface area contributed by atoms with Crippen molar-refractivity contribution in [3.63, 3.8) is 0 Å². The number of ether oxygens (including phenoxy) is 1. The average molecular weight is 458 g/mol. The number of hydrogen-bond acceptors (Lipinski definition) is 9. The van der Waals surface area contributed by atoms with Crippen LogP contribution in [0.2, 0.25) is 0 Å². The zero-order chi connectivity index (χ0) is 24.5. The Hall–Kier alpha value is -3.93. The lowest BCUT2D eigenvalue weighted by molar-refractivity contribution is -0.117. The molecule has 4 N–H and O–H groups in total. The van der Waals surface area contributed by atoms with Crippen LogP contribution >= 0.6 is 0 Å². The number of aromatic nitrogens is 5. The molecule has 0 bridgehead atoms. The number of nitrogens with zero attached hydrogens (tertiary/aromatic N) is 5. The highest BCUT2D eigenvalue weighted by Crippen LogP contribution is 2.37. The van der Waals surface area contributed by atoms with Crippen molar-refractivity contribution in [1.82, 2.24) is 30.3 Å². The summed E-state index contributed by atoms with van der Waals surface area (Å²) in [5.41, 5.74) is -1.52. The molecule has 4 rings (SSSR count). The Balaban J connectivity index is 1.72. The summed E-state index contributed by atoms with van der Waals surface area (Å²) in [5, 5.41) is 29.4. The van der Waals surface area contributed by atoms with Crippen LogP contribution in [0.4, 0.5) is 17.2 Å². The van der Waals surface area contributed by atoms with E-state index < -0.39 is 11.4 Å². The molecule has 0 atom stereocenters. The number of methoxy groups -OCH3 is 1. The van der Waals surface area contributed by atoms with Crippen LogP contribution in [0.5, 0.6) is 5.75 Å². The lowest BCUT2D eigenvalue weighted by atomic mass is 9.73. The van der Waals surface area contributed by atoms with Gasteiger partial charge in [-0.1, -0.05) is 6.07 Å². The summed E-state index contributed by atoms with van der Waals surface area (Å²) >= 11 is 0. The summed E-state index contributed by atoms with van der Waals surface area (Å²) in [6.07, 6.45) is 3.17. The third-order valence-electron chi connectivity index (χ3n) is 4.85. The number of anilines is 3. The van der Waals surface area contributed by atoms with Gasteiger partial charge in [0.1, 0.15) is 22.0 Å². The minimum Gasteiger partial charge on any atom is -0.494 e. The fourth-order valence-electron chi connectivity index (χ4n) is 3.17. The van der Waals surface area contributed by atoms with Crippen LogP contribution < -0.4 is 20.7 Å². The van der Waals surface area contributed by atoms with Crippen LogP contribution in [0.1, 0.15) is 23.3 Å². The van der Waals surface area contributed by atoms with E-state index in [0.717, 1.165) is 12.8 Å². The molecule has 2 heterocycles. The molecule has 3 aromatic rings. The zero-order valence-electron chi connectivity index (χ0n) is 18.4. The van der Waals surface area contributed by atoms with Crippen molar-refractivity contribution in [2.24, 2.45) is 13.0 Å². The number of carbonyl (C=O) groups is 2. The molecule has 2 amide bonds. The van der Waals surface area contributed by atoms with Gasteiger partial charge in [0.05, 0.1) is 24.0 Å². The Labute approximate surface area is 197 Å². The van der Waals surface area contributed by atoms with Crippen molar-refractivity contribution in [2.45, 2.75) is 18.4 Å². The van der Waals surface area contributed by atoms with Gasteiger partial charge in [0.15, 0.2) is 23.1 Å². The summed E-state index contributed by atoms with van der Waals surface area (Å²) in [5.74, 6) is -0.181. The summed E-state index contributed by atoms with van der Waals surface area (Å²) in [4.78, 5) is 29.1. The maximum absolute atomic E-state index is 12.7. The van der Waals surface area contributed by atoms with Gasteiger partial charge in [-0.15, -0.1) is 10.2 Å². The first-order chi connectivity index (χ1) is 16.1. The topological polar surface area (TPSA) is 156 Å². The molecule has 1 aliphatic carbocycles. The van der Waals surface area contributed by atoms with Crippen molar-refractivity contribution in [3.8, 4) is 17.1 Å². The first-order valence-electron chi connectivity index (χ1n) is 10.3. The fraction of sp³-hybridized carbons (Fsp3) is 0.300. The van der Waals surface area contributed by atoms with Crippen LogP contribution in [-0.4, -0.2) is 70.2 Å². The lowest BCUT2D eigenvalue weighted by Gasteiger charge is -2.21. The monoisotopic (exact) mass is 458 g/mol. The number of aliphatic hydroxyl groups is 1. The highest BCUT2D eigenvalue weighted by atomic mass is 16.5. The zero-order valence-corrected chi connectivity index (χ0v) is 18.4. The molecule has 34 heavy (non-hydrogen) atoms. The Bertz CT molecular complexity index is 1240. The van der Waals surface area contributed by atoms with Gasteiger partial charge in [0, 0.05) is 24.6 Å². The van der Waals surface area contributed by atoms with Crippen molar-refractivity contribution in [3.05, 3.63) is 36.3 Å². The highest BCUT2D eigenvalue weighted by molar-refractivity contribution is 6.39. The number of carbonyl (C=O) groups excluding carboxylic acids is 2. The maximum Gasteiger partial charge on any atom is 0.274 e. The van der Waals surface area contributed by atoms with E-state index in [1.54, 1.807) is 36.3 Å². The molecule has 1 aliphatic rings. The minimum atomic E-state index is -2.48. The third kappa shape index (κ3) is 5.34. The first-order valence-corrected chi connectivity index (χ1v) is 10.3. The van der Waals surface area contributed by atoms with E-state index in [4.69, 9.17) is 20.4 Å². The van der Waals surface area contributed by atoms with Crippen LogP contribution in [0, 0.1) is 5.92 Å². The molecule has 0 saturated heterocycles. The molecular weight excluding hydrogens is 438 g/mol. The molecular formula is C20H20B2N8O4. The number of hydrogen-bond donors (Lipinski definition) is 4. The summed E-state index contributed by atoms with van der Waals surface area (Å²) < 4.78 is 7.15. The fourth-order valence-corrected chi connectivity index (χ4v) is 3.17. The molecule has 14 heteroatoms. The number of amides is 2. The van der Waals surface area contributed by atoms with Crippen molar-refractivity contribution < 1.29 is 19.4 Å². The Morgan fingerprint density at radius 1 is 1.24 bits per heavy atom. The minimum absolute atomic E-state index is 0.0617. The van der Waals surface area contributed by atoms with Crippen molar-refractivity contribution in [2.75, 3.05) is 17.7 Å². The predicted octanol–water partition coefficient (Wildman–Crippen LogP) is 0.0432. The predicted molar refractivity (Wildman–Crippen MR) is 124 cm³/mol. The number of para-hydroxylation sites is 1. The Morgan fingerprint density at radius 2 is 2.00 bits per heavy atom. The normalized spacial score (nSPS) is 13.3. The molecule has 1 saturated carbocycles. The van der Waals surface area contributed by atoms with Crippen LogP contribution in [-0.2, 0) is 11.8 Å². The van der Waals surface area contributed by atoms with Gasteiger partial charge in [0.25, 0.3) is 5.91 Å². The number of nitrogens with one attached hydrogen (secondary N) is 3. The summed E-state index contributed by atoms with van der Waals surface area (Å²) in [6, 6.07) is 6.67. The second-order valence-corrected chi connectivity index (χ2v) is 7.79. The van der Waals surface area contributed by atoms with Gasteiger partial charge in [-0.05, 0) is 25.0 Å². The van der Waals surface area contributed by atoms with Gasteiger partial charge in [0.2, 0.25) is 5.91 Å². The van der Waals surface area contributed by atoms with E-state index >= 15 is 0 Å². The lowest BCUT2D eigenvalue weighted by Crippen LogP contribution is -2.49. The van der Waals surface area contributed by atoms with Crippen LogP contribution in [0.3, 0.4) is 0 Å². The molecule has 0 unspecified atom stereocenters. The van der Waals surface area contributed by atoms with Crippen LogP contribution in [0.15, 0.2) is 30.6 Å². The van der Waals surface area contributed by atoms with Crippen LogP contribution in [0.25, 0.3) is 11.4 Å². The van der Waals surface area contributed by atoms with Gasteiger partial charge in [-0.2, -0.15) is 5.10 Å². The average Bonchev–Trinajstić information content (AvgIpc) is 3.53. The first kappa shape index (κ1) is 23.2. The van der Waals surface area contributed by atoms with Gasteiger partial charge < -0.3 is 25.8 Å². The largest absolute Gasteiger partial charge is 0.494 e. The number of rotatable bonds is 8. The number of aryl methyl sites for hydroxylation is 1. The SMILES string of the molecule is [B]C([B])(O)NC(=O)c1nnc(NC(=O)C2CC2)cc1Nc1cccc(-c2ncn(C)n2)c1OC. The molecule has 12 nitrogen and oxygen atoms in total. The summed E-state index contributed by atoms with van der Waals surface area (Å²) in [6.45, 7) is 0. The molecule has 0 aliphatic heterocycles. The second-order valence-electron chi connectivity index (χ2n) is 7.79. The standard InChI is InChI=1S/C20H20B2N8O4/c1-30-9-23-17(29-30)11-4-3-5-12(16(11)34-2)24-13-8-14(25-18(31)10-6-7-10)27-28-15(13)19(32)26-20(21,22)33/h3-5,8-10,33H,6-7H2,1-2H3,(H,26,32)(H2,24,25,27,31). The van der Waals surface area contributed by atoms with Gasteiger partial charge in [-0.25, -0.2) is 4.98 Å². The van der Waals surface area contributed by atoms with Gasteiger partial charge in [-0.3, -0.25) is 14.3 Å². The molecule has 4 radical (unpaired) electrons. The third-order valence-corrected chi connectivity index (χ3v) is 4.85. The summed E-state index contributed by atoms with van der Waals surface area (Å²) in [7, 11) is 13.8. The Morgan fingerprint density at radius 3 is 2.62 bits per heavy atom. The quantitative estimate of drug-likeness (QED) is 0.271. The second kappa shape index (κ2) is 9.14. The van der Waals surface area contributed by atoms with E-state index in [2.05, 4.69) is 30.9 Å². The number of benzene rings is 1. The van der Waals surface area contributed by atoms with E-state index in [1.807, 2.05) is 5.32 Å². The molecule has 170 valence electrons. The van der Waals surface area contributed by atoms with Crippen molar-refractivity contribution in [1.29, 1.82) is 0 Å². The molecule has 1 aromatic carbocycles. The van der Waals surface area contributed by atoms with E-state index in [1.165, 1.54) is 13.2 Å². The molecule has 2 aromatic heterocycles. The van der Waals surface area contributed by atoms with E-state index in [9.17, 15) is 14.7 Å². The Kier molecular flexibility index (Phi) is 6.24. The van der Waals surface area contributed by atoms with Gasteiger partial charge >= 0.3 is 0 Å². The van der Waals surface area contributed by atoms with E-state index in [-0.39, 0.29) is 29.0 Å².